The molecule has 1 amide bonds. The molecule has 0 unspecified atom stereocenters. The van der Waals surface area contributed by atoms with Crippen molar-refractivity contribution >= 4 is 5.91 Å². The SMILES string of the molecule is CCC1CCC(C#N)(NC(=O)c2cnc(C)cn2)CC1. The number of carbonyl (C=O) groups is 1. The van der Waals surface area contributed by atoms with Crippen molar-refractivity contribution in [3.63, 3.8) is 0 Å². The van der Waals surface area contributed by atoms with Gasteiger partial charge in [0.1, 0.15) is 11.2 Å². The molecular weight excluding hydrogens is 252 g/mol. The zero-order chi connectivity index (χ0) is 14.6. The van der Waals surface area contributed by atoms with Gasteiger partial charge in [-0.15, -0.1) is 0 Å². The summed E-state index contributed by atoms with van der Waals surface area (Å²) in [5, 5.41) is 12.3. The molecule has 0 aliphatic heterocycles. The fourth-order valence-corrected chi connectivity index (χ4v) is 2.63. The Balaban J connectivity index is 2.05. The van der Waals surface area contributed by atoms with Crippen LogP contribution in [0.1, 0.15) is 55.2 Å². The van der Waals surface area contributed by atoms with Crippen LogP contribution in [-0.4, -0.2) is 21.4 Å². The highest BCUT2D eigenvalue weighted by Gasteiger charge is 2.36. The van der Waals surface area contributed by atoms with Crippen molar-refractivity contribution in [2.45, 2.75) is 51.5 Å². The number of nitrogens with zero attached hydrogens (tertiary/aromatic N) is 3. The van der Waals surface area contributed by atoms with Crippen LogP contribution in [0.2, 0.25) is 0 Å². The van der Waals surface area contributed by atoms with E-state index in [-0.39, 0.29) is 11.6 Å². The first-order valence-corrected chi connectivity index (χ1v) is 7.11. The summed E-state index contributed by atoms with van der Waals surface area (Å²) in [7, 11) is 0. The Hall–Kier alpha value is -1.96. The summed E-state index contributed by atoms with van der Waals surface area (Å²) in [6.45, 7) is 3.99. The second-order valence-corrected chi connectivity index (χ2v) is 5.54. The molecule has 5 nitrogen and oxygen atoms in total. The average molecular weight is 272 g/mol. The first-order chi connectivity index (χ1) is 9.58. The lowest BCUT2D eigenvalue weighted by Gasteiger charge is -2.35. The molecule has 20 heavy (non-hydrogen) atoms. The number of rotatable bonds is 3. The third kappa shape index (κ3) is 3.13. The highest BCUT2D eigenvalue weighted by molar-refractivity contribution is 5.92. The van der Waals surface area contributed by atoms with Crippen molar-refractivity contribution in [1.29, 1.82) is 5.26 Å². The van der Waals surface area contributed by atoms with Crippen LogP contribution < -0.4 is 5.32 Å². The second-order valence-electron chi connectivity index (χ2n) is 5.54. The summed E-state index contributed by atoms with van der Waals surface area (Å²) in [6, 6.07) is 2.29. The van der Waals surface area contributed by atoms with Crippen LogP contribution in [0.4, 0.5) is 0 Å². The quantitative estimate of drug-likeness (QED) is 0.916. The minimum Gasteiger partial charge on any atom is -0.332 e. The number of carbonyl (C=O) groups excluding carboxylic acids is 1. The maximum Gasteiger partial charge on any atom is 0.272 e. The van der Waals surface area contributed by atoms with Gasteiger partial charge in [0.05, 0.1) is 18.0 Å². The highest BCUT2D eigenvalue weighted by atomic mass is 16.2. The predicted octanol–water partition coefficient (Wildman–Crippen LogP) is 2.38. The van der Waals surface area contributed by atoms with Crippen molar-refractivity contribution < 1.29 is 4.79 Å². The molecule has 1 saturated carbocycles. The van der Waals surface area contributed by atoms with Gasteiger partial charge in [0, 0.05) is 6.20 Å². The van der Waals surface area contributed by atoms with Gasteiger partial charge in [0.2, 0.25) is 0 Å². The number of aromatic nitrogens is 2. The van der Waals surface area contributed by atoms with Gasteiger partial charge in [0.25, 0.3) is 5.91 Å². The summed E-state index contributed by atoms with van der Waals surface area (Å²) < 4.78 is 0. The highest BCUT2D eigenvalue weighted by Crippen LogP contribution is 2.33. The van der Waals surface area contributed by atoms with E-state index in [0.717, 1.165) is 25.0 Å². The van der Waals surface area contributed by atoms with E-state index in [9.17, 15) is 10.1 Å². The molecular formula is C15H20N4O. The van der Waals surface area contributed by atoms with Crippen LogP contribution in [0.25, 0.3) is 0 Å². The van der Waals surface area contributed by atoms with Gasteiger partial charge in [-0.3, -0.25) is 9.78 Å². The summed E-state index contributed by atoms with van der Waals surface area (Å²) >= 11 is 0. The lowest BCUT2D eigenvalue weighted by Crippen LogP contribution is -2.49. The zero-order valence-corrected chi connectivity index (χ0v) is 12.0. The molecule has 5 heteroatoms. The third-order valence-corrected chi connectivity index (χ3v) is 4.12. The minimum absolute atomic E-state index is 0.267. The number of hydrogen-bond donors (Lipinski definition) is 1. The van der Waals surface area contributed by atoms with E-state index in [1.54, 1.807) is 6.20 Å². The van der Waals surface area contributed by atoms with E-state index in [2.05, 4.69) is 28.3 Å². The summed E-state index contributed by atoms with van der Waals surface area (Å²) in [4.78, 5) is 20.3. The molecule has 0 spiro atoms. The van der Waals surface area contributed by atoms with Crippen molar-refractivity contribution in [2.75, 3.05) is 0 Å². The first-order valence-electron chi connectivity index (χ1n) is 7.11. The molecule has 1 aromatic heterocycles. The zero-order valence-electron chi connectivity index (χ0n) is 12.0. The third-order valence-electron chi connectivity index (χ3n) is 4.12. The van der Waals surface area contributed by atoms with Crippen LogP contribution in [0.3, 0.4) is 0 Å². The topological polar surface area (TPSA) is 78.7 Å². The van der Waals surface area contributed by atoms with Crippen LogP contribution >= 0.6 is 0 Å². The smallest absolute Gasteiger partial charge is 0.272 e. The van der Waals surface area contributed by atoms with Gasteiger partial charge in [-0.2, -0.15) is 5.26 Å². The summed E-state index contributed by atoms with van der Waals surface area (Å²) in [6.07, 6.45) is 7.56. The van der Waals surface area contributed by atoms with Crippen molar-refractivity contribution in [3.05, 3.63) is 23.8 Å². The normalized spacial score (nSPS) is 25.8. The Morgan fingerprint density at radius 1 is 1.45 bits per heavy atom. The lowest BCUT2D eigenvalue weighted by atomic mass is 9.76. The van der Waals surface area contributed by atoms with Gasteiger partial charge in [-0.05, 0) is 38.5 Å². The van der Waals surface area contributed by atoms with Crippen LogP contribution in [0, 0.1) is 24.2 Å². The number of hydrogen-bond acceptors (Lipinski definition) is 4. The van der Waals surface area contributed by atoms with Gasteiger partial charge >= 0.3 is 0 Å². The average Bonchev–Trinajstić information content (AvgIpc) is 2.48. The molecule has 1 aliphatic carbocycles. The Bertz CT molecular complexity index is 510. The molecule has 1 aromatic rings. The molecule has 0 saturated heterocycles. The number of amides is 1. The Kier molecular flexibility index (Phi) is 4.33. The molecule has 0 radical (unpaired) electrons. The van der Waals surface area contributed by atoms with Crippen molar-refractivity contribution in [1.82, 2.24) is 15.3 Å². The van der Waals surface area contributed by atoms with Gasteiger partial charge in [-0.25, -0.2) is 4.98 Å². The number of aryl methyl sites for hydroxylation is 1. The molecule has 0 aromatic carbocycles. The lowest BCUT2D eigenvalue weighted by molar-refractivity contribution is 0.0885. The molecule has 0 bridgehead atoms. The van der Waals surface area contributed by atoms with Crippen molar-refractivity contribution in [2.24, 2.45) is 5.92 Å². The summed E-state index contributed by atoms with van der Waals surface area (Å²) in [5.74, 6) is 0.363. The monoisotopic (exact) mass is 272 g/mol. The molecule has 1 N–H and O–H groups in total. The van der Waals surface area contributed by atoms with Crippen LogP contribution in [-0.2, 0) is 0 Å². The standard InChI is InChI=1S/C15H20N4O/c1-3-12-4-6-15(10-16,7-5-12)19-14(20)13-9-17-11(2)8-18-13/h8-9,12H,3-7H2,1-2H3,(H,19,20). The van der Waals surface area contributed by atoms with Gasteiger partial charge < -0.3 is 5.32 Å². The second kappa shape index (κ2) is 6.00. The molecule has 1 aliphatic rings. The van der Waals surface area contributed by atoms with E-state index < -0.39 is 5.54 Å². The Morgan fingerprint density at radius 3 is 2.65 bits per heavy atom. The molecule has 2 rings (SSSR count). The van der Waals surface area contributed by atoms with E-state index in [1.165, 1.54) is 6.20 Å². The number of nitriles is 1. The van der Waals surface area contributed by atoms with E-state index in [0.29, 0.717) is 18.8 Å². The van der Waals surface area contributed by atoms with Crippen LogP contribution in [0.5, 0.6) is 0 Å². The Labute approximate surface area is 119 Å². The first kappa shape index (κ1) is 14.4. The van der Waals surface area contributed by atoms with Gasteiger partial charge in [0.15, 0.2) is 0 Å². The largest absolute Gasteiger partial charge is 0.332 e. The Morgan fingerprint density at radius 2 is 2.15 bits per heavy atom. The van der Waals surface area contributed by atoms with E-state index in [1.807, 2.05) is 6.92 Å². The molecule has 1 fully saturated rings. The minimum atomic E-state index is -0.741. The van der Waals surface area contributed by atoms with Crippen molar-refractivity contribution in [3.8, 4) is 6.07 Å². The predicted molar refractivity (Wildman–Crippen MR) is 74.8 cm³/mol. The van der Waals surface area contributed by atoms with Gasteiger partial charge in [-0.1, -0.05) is 13.3 Å². The maximum atomic E-state index is 12.2. The van der Waals surface area contributed by atoms with Crippen LogP contribution in [0.15, 0.2) is 12.4 Å². The fraction of sp³-hybridized carbons (Fsp3) is 0.600. The summed E-state index contributed by atoms with van der Waals surface area (Å²) in [5.41, 5.74) is 0.290. The molecule has 1 heterocycles. The van der Waals surface area contributed by atoms with E-state index in [4.69, 9.17) is 0 Å². The molecule has 0 atom stereocenters. The number of nitrogens with one attached hydrogen (secondary N) is 1. The fourth-order valence-electron chi connectivity index (χ4n) is 2.63. The maximum absolute atomic E-state index is 12.2. The van der Waals surface area contributed by atoms with E-state index >= 15 is 0 Å². The molecule has 106 valence electrons.